The number of aliphatic hydroxyl groups is 1. The zero-order valence-corrected chi connectivity index (χ0v) is 47.1. The van der Waals surface area contributed by atoms with Crippen LogP contribution in [0.3, 0.4) is 0 Å². The van der Waals surface area contributed by atoms with Gasteiger partial charge in [-0.15, -0.1) is 0 Å². The van der Waals surface area contributed by atoms with Crippen LogP contribution in [-0.4, -0.2) is 114 Å². The predicted octanol–water partition coefficient (Wildman–Crippen LogP) is 13.5. The van der Waals surface area contributed by atoms with Gasteiger partial charge in [0.25, 0.3) is 0 Å². The standard InChI is InChI=1S/C24H42O7Si.6C4H9.2Sn/c1-9-18(25)20-15-21(31-32(7,8)24(3,4)5)23(30-20)19(29-16-26-6)11-10-17(2)14-22-27-12-13-28-22;6*1-3-4-2;;/h1,10-11,17-23,25H,12-16H2,2-8H3;6*1,3-4H2,2H3;;/b9-1?,11-10+;;;;;;;;/t17-,18+,19+,20+,21-,23-;;;;;;;;/m0......../s1. The van der Waals surface area contributed by atoms with E-state index in [0.717, 1.165) is 6.42 Å². The van der Waals surface area contributed by atoms with E-state index in [9.17, 15) is 5.11 Å². The third-order valence-corrected chi connectivity index (χ3v) is 50.9. The molecule has 0 saturated carbocycles. The molecule has 342 valence electrons. The van der Waals surface area contributed by atoms with Gasteiger partial charge in [-0.1, -0.05) is 0 Å². The fraction of sp³-hybridized carbons (Fsp3) is 0.917. The van der Waals surface area contributed by atoms with Gasteiger partial charge in [0.05, 0.1) is 13.2 Å². The molecule has 0 amide bonds. The SMILES string of the molecule is CCC[CH2][Sn](/[CH]=[C](/[C@@H](O)[C@H]1C[C@H](O[Si](C)(C)C(C)(C)C)[C@H]([C@@H](/C=C/[C@H](C)CC2OCCO2)OCOC)O1)[Sn]([CH2]CCC)([CH2]CCC)[CH2]CCC)([CH2]CCC)[CH2]CCC. The molecule has 1 N–H and O–H groups in total. The molecule has 0 unspecified atom stereocenters. The van der Waals surface area contributed by atoms with Gasteiger partial charge in [-0.3, -0.25) is 0 Å². The molecule has 6 atom stereocenters. The molecule has 2 aliphatic heterocycles. The monoisotopic (exact) mass is 1050 g/mol. The first-order chi connectivity index (χ1) is 27.6. The maximum absolute atomic E-state index is 13.4. The van der Waals surface area contributed by atoms with E-state index in [-0.39, 0.29) is 48.5 Å². The molecule has 0 aliphatic carbocycles. The van der Waals surface area contributed by atoms with E-state index in [2.05, 4.69) is 98.6 Å². The first kappa shape index (κ1) is 55.1. The summed E-state index contributed by atoms with van der Waals surface area (Å²) in [6, 6.07) is 0. The molecule has 58 heavy (non-hydrogen) atoms. The summed E-state index contributed by atoms with van der Waals surface area (Å²) in [7, 11) is -0.535. The van der Waals surface area contributed by atoms with Crippen LogP contribution in [0.25, 0.3) is 0 Å². The molecular weight excluding hydrogens is 954 g/mol. The quantitative estimate of drug-likeness (QED) is 0.0409. The topological polar surface area (TPSA) is 75.6 Å². The van der Waals surface area contributed by atoms with Crippen LogP contribution in [0.15, 0.2) is 19.8 Å². The molecular formula is C48H96O7SiSn2. The molecule has 0 aromatic rings. The molecule has 2 heterocycles. The molecule has 2 saturated heterocycles. The fourth-order valence-electron chi connectivity index (χ4n) is 9.12. The van der Waals surface area contributed by atoms with Crippen molar-refractivity contribution in [3.8, 4) is 0 Å². The molecule has 0 aromatic heterocycles. The molecule has 2 fully saturated rings. The zero-order valence-electron chi connectivity index (χ0n) is 40.4. The number of hydrogen-bond donors (Lipinski definition) is 1. The third kappa shape index (κ3) is 17.9. The normalized spacial score (nSPS) is 22.0. The van der Waals surface area contributed by atoms with E-state index < -0.39 is 51.2 Å². The van der Waals surface area contributed by atoms with Gasteiger partial charge in [0.2, 0.25) is 0 Å². The summed E-state index contributed by atoms with van der Waals surface area (Å²) in [6.45, 7) is 29.6. The number of hydrogen-bond acceptors (Lipinski definition) is 7. The van der Waals surface area contributed by atoms with Crippen molar-refractivity contribution in [1.29, 1.82) is 0 Å². The van der Waals surface area contributed by atoms with E-state index >= 15 is 0 Å². The second-order valence-electron chi connectivity index (χ2n) is 19.9. The van der Waals surface area contributed by atoms with Crippen molar-refractivity contribution in [2.24, 2.45) is 5.92 Å². The Morgan fingerprint density at radius 2 is 1.26 bits per heavy atom. The second-order valence-corrected chi connectivity index (χ2v) is 50.8. The van der Waals surface area contributed by atoms with Gasteiger partial charge in [-0.2, -0.15) is 0 Å². The summed E-state index contributed by atoms with van der Waals surface area (Å²) < 4.78 is 51.3. The van der Waals surface area contributed by atoms with Crippen LogP contribution in [0, 0.1) is 5.92 Å². The van der Waals surface area contributed by atoms with Crippen molar-refractivity contribution in [3.05, 3.63) is 19.8 Å². The Kier molecular flexibility index (Phi) is 27.3. The summed E-state index contributed by atoms with van der Waals surface area (Å²) in [6.07, 6.45) is 19.2. The van der Waals surface area contributed by atoms with Gasteiger partial charge in [0.1, 0.15) is 0 Å². The Balaban J connectivity index is 2.85. The Bertz CT molecular complexity index is 1090. The van der Waals surface area contributed by atoms with Gasteiger partial charge < -0.3 is 0 Å². The van der Waals surface area contributed by atoms with Crippen LogP contribution in [0.2, 0.25) is 44.8 Å². The number of allylic oxidation sites excluding steroid dienone is 1. The van der Waals surface area contributed by atoms with E-state index in [1.807, 2.05) is 0 Å². The Morgan fingerprint density at radius 1 is 0.776 bits per heavy atom. The molecule has 2 aliphatic rings. The minimum absolute atomic E-state index is 0.0335. The van der Waals surface area contributed by atoms with Crippen molar-refractivity contribution in [1.82, 2.24) is 0 Å². The average Bonchev–Trinajstić information content (AvgIpc) is 3.86. The van der Waals surface area contributed by atoms with Crippen LogP contribution in [0.1, 0.15) is 159 Å². The van der Waals surface area contributed by atoms with Gasteiger partial charge in [-0.05, 0) is 0 Å². The number of aliphatic hydroxyl groups excluding tert-OH is 1. The summed E-state index contributed by atoms with van der Waals surface area (Å²) in [4.78, 5) is 0. The number of methoxy groups -OCH3 is 1. The summed E-state index contributed by atoms with van der Waals surface area (Å²) in [5.74, 6) is 0.231. The molecule has 0 aromatic carbocycles. The Morgan fingerprint density at radius 3 is 1.71 bits per heavy atom. The van der Waals surface area contributed by atoms with Crippen molar-refractivity contribution >= 4 is 45.1 Å². The number of ether oxygens (including phenoxy) is 5. The van der Waals surface area contributed by atoms with Crippen LogP contribution >= 0.6 is 0 Å². The second kappa shape index (κ2) is 28.7. The van der Waals surface area contributed by atoms with Crippen LogP contribution in [0.5, 0.6) is 0 Å². The van der Waals surface area contributed by atoms with Crippen molar-refractivity contribution in [2.75, 3.05) is 27.1 Å². The fourth-order valence-corrected chi connectivity index (χ4v) is 53.6. The van der Waals surface area contributed by atoms with Crippen LogP contribution in [0.4, 0.5) is 0 Å². The van der Waals surface area contributed by atoms with Crippen LogP contribution < -0.4 is 0 Å². The Labute approximate surface area is 369 Å². The van der Waals surface area contributed by atoms with Gasteiger partial charge in [0, 0.05) is 0 Å². The Hall–Kier alpha value is 1.01. The summed E-state index contributed by atoms with van der Waals surface area (Å²) >= 11 is -6.05. The maximum atomic E-state index is 13.4. The number of unbranched alkanes of at least 4 members (excludes halogenated alkanes) is 6. The average molecular weight is 1050 g/mol. The predicted molar refractivity (Wildman–Crippen MR) is 255 cm³/mol. The van der Waals surface area contributed by atoms with Gasteiger partial charge in [0.15, 0.2) is 0 Å². The molecule has 7 nitrogen and oxygen atoms in total. The molecule has 0 bridgehead atoms. The van der Waals surface area contributed by atoms with Crippen molar-refractivity contribution < 1.29 is 33.2 Å². The molecule has 0 radical (unpaired) electrons. The summed E-state index contributed by atoms with van der Waals surface area (Å²) in [5.41, 5.74) is 0. The molecule has 10 heteroatoms. The molecule has 2 rings (SSSR count). The van der Waals surface area contributed by atoms with E-state index in [1.54, 1.807) is 10.7 Å². The first-order valence-electron chi connectivity index (χ1n) is 24.4. The van der Waals surface area contributed by atoms with E-state index in [4.69, 9.17) is 28.1 Å². The van der Waals surface area contributed by atoms with E-state index in [1.165, 1.54) is 104 Å². The third-order valence-electron chi connectivity index (χ3n) is 13.9. The van der Waals surface area contributed by atoms with Crippen LogP contribution in [-0.2, 0) is 28.1 Å². The molecule has 0 spiro atoms. The van der Waals surface area contributed by atoms with Gasteiger partial charge in [-0.25, -0.2) is 0 Å². The number of rotatable bonds is 32. The van der Waals surface area contributed by atoms with Crippen molar-refractivity contribution in [2.45, 2.75) is 241 Å². The first-order valence-corrected chi connectivity index (χ1v) is 42.5. The van der Waals surface area contributed by atoms with Crippen molar-refractivity contribution in [3.63, 3.8) is 0 Å². The van der Waals surface area contributed by atoms with E-state index in [0.29, 0.717) is 19.6 Å². The zero-order chi connectivity index (χ0) is 43.2. The van der Waals surface area contributed by atoms with Gasteiger partial charge >= 0.3 is 359 Å². The summed E-state index contributed by atoms with van der Waals surface area (Å²) in [5, 5.41) is 13.5. The minimum atomic E-state index is -3.17.